The zero-order valence-electron chi connectivity index (χ0n) is 51.8. The lowest BCUT2D eigenvalue weighted by Crippen LogP contribution is -2.47. The van der Waals surface area contributed by atoms with Crippen LogP contribution in [0.2, 0.25) is 0 Å². The molecule has 0 aliphatic heterocycles. The van der Waals surface area contributed by atoms with Gasteiger partial charge in [0, 0.05) is 12.8 Å². The predicted octanol–water partition coefficient (Wildman–Crippen LogP) is 19.5. The van der Waals surface area contributed by atoms with Crippen LogP contribution in [0.1, 0.15) is 265 Å². The Hall–Kier alpha value is -3.33. The summed E-state index contributed by atoms with van der Waals surface area (Å²) in [5.74, 6) is -0.588. The SMILES string of the molecule is CC/C=C\C/C=C\C/C=C\C/C=C\C/C=C\CCCCCC(=O)NC(COP(=O)([O-])OCC[N+](C)(C)C)C(/C=C/CCCCCCCCCCC)OC(=O)CCCCCCCCCCCC/C=C\C/C=C\C/C=C\CCCCC. The van der Waals surface area contributed by atoms with Crippen molar-refractivity contribution in [1.82, 2.24) is 5.32 Å². The number of quaternary nitrogens is 1. The van der Waals surface area contributed by atoms with Gasteiger partial charge < -0.3 is 28.5 Å². The minimum atomic E-state index is -4.72. The number of hydrogen-bond acceptors (Lipinski definition) is 7. The van der Waals surface area contributed by atoms with E-state index in [9.17, 15) is 19.0 Å². The lowest BCUT2D eigenvalue weighted by molar-refractivity contribution is -0.870. The van der Waals surface area contributed by atoms with Crippen LogP contribution in [-0.4, -0.2) is 69.4 Å². The van der Waals surface area contributed by atoms with Gasteiger partial charge in [-0.05, 0) is 115 Å². The second-order valence-corrected chi connectivity index (χ2v) is 23.9. The summed E-state index contributed by atoms with van der Waals surface area (Å²) in [5, 5.41) is 3.01. The average molecular weight is 1120 g/mol. The maximum Gasteiger partial charge on any atom is 0.306 e. The highest BCUT2D eigenvalue weighted by atomic mass is 31.2. The van der Waals surface area contributed by atoms with Gasteiger partial charge in [0.1, 0.15) is 19.3 Å². The molecule has 0 radical (unpaired) electrons. The third-order valence-electron chi connectivity index (χ3n) is 13.7. The Morgan fingerprint density at radius 2 is 0.810 bits per heavy atom. The molecular weight excluding hydrogens is 1000 g/mol. The van der Waals surface area contributed by atoms with E-state index in [0.717, 1.165) is 116 Å². The topological polar surface area (TPSA) is 114 Å². The standard InChI is InChI=1S/C69H121N2O7P/c1-7-10-13-16-19-22-25-27-29-31-33-34-35-36-38-40-42-44-47-50-53-56-59-62-69(73)78-67(60-57-54-51-48-45-24-21-18-15-12-9-3)66(65-77-79(74,75)76-64-63-71(4,5)6)70-68(72)61-58-55-52-49-46-43-41-39-37-32-30-28-26-23-20-17-14-11-8-2/h11,14,19-20,22-23,27-30,33-34,37,39,43,46,57,60,66-67H,7-10,12-13,15-18,21,24-26,31-32,35-36,38,40-42,44-45,47-56,58-59,61-65H2,1-6H3,(H-,70,72,74,75)/b14-11-,22-19-,23-20-,29-27-,30-28-,34-33-,39-37-,46-43-,60-57+. The van der Waals surface area contributed by atoms with Gasteiger partial charge in [0.05, 0.1) is 33.8 Å². The summed E-state index contributed by atoms with van der Waals surface area (Å²) in [6, 6.07) is -0.914. The molecule has 0 aromatic heterocycles. The van der Waals surface area contributed by atoms with Gasteiger partial charge in [-0.3, -0.25) is 14.2 Å². The van der Waals surface area contributed by atoms with Crippen molar-refractivity contribution in [3.8, 4) is 0 Å². The number of hydrogen-bond donors (Lipinski definition) is 1. The molecule has 1 amide bonds. The van der Waals surface area contributed by atoms with Gasteiger partial charge >= 0.3 is 5.97 Å². The largest absolute Gasteiger partial charge is 0.756 e. The molecule has 3 unspecified atom stereocenters. The number of carbonyl (C=O) groups is 2. The molecule has 0 rings (SSSR count). The van der Waals surface area contributed by atoms with Crippen molar-refractivity contribution in [3.63, 3.8) is 0 Å². The normalized spacial score (nSPS) is 14.4. The second kappa shape index (κ2) is 57.9. The summed E-state index contributed by atoms with van der Waals surface area (Å²) < 4.78 is 30.3. The minimum absolute atomic E-state index is 0.0350. The molecule has 3 atom stereocenters. The number of nitrogens with zero attached hydrogens (tertiary/aromatic N) is 1. The number of phosphoric ester groups is 1. The van der Waals surface area contributed by atoms with Crippen LogP contribution in [0.3, 0.4) is 0 Å². The summed E-state index contributed by atoms with van der Waals surface area (Å²) in [6.45, 7) is 6.66. The van der Waals surface area contributed by atoms with E-state index in [-0.39, 0.29) is 31.3 Å². The first-order valence-electron chi connectivity index (χ1n) is 32.2. The Morgan fingerprint density at radius 3 is 1.25 bits per heavy atom. The van der Waals surface area contributed by atoms with Gasteiger partial charge in [0.2, 0.25) is 5.91 Å². The first-order chi connectivity index (χ1) is 38.4. The van der Waals surface area contributed by atoms with E-state index >= 15 is 0 Å². The number of amides is 1. The van der Waals surface area contributed by atoms with Crippen molar-refractivity contribution < 1.29 is 37.3 Å². The van der Waals surface area contributed by atoms with Gasteiger partial charge in [-0.15, -0.1) is 0 Å². The minimum Gasteiger partial charge on any atom is -0.756 e. The van der Waals surface area contributed by atoms with Gasteiger partial charge in [0.25, 0.3) is 7.82 Å². The highest BCUT2D eigenvalue weighted by molar-refractivity contribution is 7.45. The second-order valence-electron chi connectivity index (χ2n) is 22.5. The maximum absolute atomic E-state index is 13.5. The Bertz CT molecular complexity index is 1720. The molecule has 0 spiro atoms. The monoisotopic (exact) mass is 1120 g/mol. The molecule has 0 aliphatic carbocycles. The Balaban J connectivity index is 5.22. The lowest BCUT2D eigenvalue weighted by atomic mass is 10.0. The fourth-order valence-electron chi connectivity index (χ4n) is 8.73. The first-order valence-corrected chi connectivity index (χ1v) is 33.7. The van der Waals surface area contributed by atoms with Crippen molar-refractivity contribution >= 4 is 19.7 Å². The van der Waals surface area contributed by atoms with Crippen molar-refractivity contribution in [2.45, 2.75) is 277 Å². The Kier molecular flexibility index (Phi) is 55.4. The average Bonchev–Trinajstić information content (AvgIpc) is 3.41. The number of unbranched alkanes of at least 4 members (excludes halogenated alkanes) is 25. The van der Waals surface area contributed by atoms with Crippen LogP contribution in [0.5, 0.6) is 0 Å². The van der Waals surface area contributed by atoms with E-state index in [0.29, 0.717) is 17.4 Å². The van der Waals surface area contributed by atoms with E-state index < -0.39 is 26.6 Å². The van der Waals surface area contributed by atoms with E-state index in [1.165, 1.54) is 109 Å². The van der Waals surface area contributed by atoms with E-state index in [2.05, 4.69) is 123 Å². The summed E-state index contributed by atoms with van der Waals surface area (Å²) in [5.41, 5.74) is 0. The molecule has 10 heteroatoms. The number of esters is 1. The van der Waals surface area contributed by atoms with Gasteiger partial charge in [-0.25, -0.2) is 0 Å². The lowest BCUT2D eigenvalue weighted by Gasteiger charge is -2.30. The molecule has 0 aromatic rings. The molecule has 0 heterocycles. The van der Waals surface area contributed by atoms with E-state index in [1.54, 1.807) is 0 Å². The zero-order chi connectivity index (χ0) is 57.9. The van der Waals surface area contributed by atoms with E-state index in [1.807, 2.05) is 33.3 Å². The van der Waals surface area contributed by atoms with Crippen LogP contribution in [0, 0.1) is 0 Å². The highest BCUT2D eigenvalue weighted by Gasteiger charge is 2.27. The van der Waals surface area contributed by atoms with Gasteiger partial charge in [0.15, 0.2) is 0 Å². The number of carbonyl (C=O) groups excluding carboxylic acids is 2. The summed E-state index contributed by atoms with van der Waals surface area (Å²) in [6.07, 6.45) is 79.2. The maximum atomic E-state index is 13.5. The summed E-state index contributed by atoms with van der Waals surface area (Å²) in [7, 11) is 1.15. The number of nitrogens with one attached hydrogen (secondary N) is 1. The van der Waals surface area contributed by atoms with Crippen molar-refractivity contribution in [1.29, 1.82) is 0 Å². The fraction of sp³-hybridized carbons (Fsp3) is 0.710. The van der Waals surface area contributed by atoms with Crippen molar-refractivity contribution in [3.05, 3.63) is 109 Å². The molecule has 454 valence electrons. The molecule has 1 N–H and O–H groups in total. The highest BCUT2D eigenvalue weighted by Crippen LogP contribution is 2.38. The van der Waals surface area contributed by atoms with Crippen molar-refractivity contribution in [2.75, 3.05) is 40.9 Å². The Morgan fingerprint density at radius 1 is 0.456 bits per heavy atom. The fourth-order valence-corrected chi connectivity index (χ4v) is 9.45. The number of phosphoric acid groups is 1. The third-order valence-corrected chi connectivity index (χ3v) is 14.7. The van der Waals surface area contributed by atoms with Crippen molar-refractivity contribution in [2.24, 2.45) is 0 Å². The molecular formula is C69H121N2O7P. The van der Waals surface area contributed by atoms with Crippen LogP contribution in [-0.2, 0) is 27.9 Å². The number of rotatable bonds is 57. The molecule has 79 heavy (non-hydrogen) atoms. The zero-order valence-corrected chi connectivity index (χ0v) is 52.7. The molecule has 0 fully saturated rings. The molecule has 0 aliphatic rings. The molecule has 0 saturated carbocycles. The van der Waals surface area contributed by atoms with Gasteiger partial charge in [-0.2, -0.15) is 0 Å². The number of allylic oxidation sites excluding steroid dienone is 17. The van der Waals surface area contributed by atoms with Crippen LogP contribution < -0.4 is 10.2 Å². The summed E-state index contributed by atoms with van der Waals surface area (Å²) >= 11 is 0. The summed E-state index contributed by atoms with van der Waals surface area (Å²) in [4.78, 5) is 40.0. The molecule has 0 aromatic carbocycles. The van der Waals surface area contributed by atoms with Crippen LogP contribution >= 0.6 is 7.82 Å². The smallest absolute Gasteiger partial charge is 0.306 e. The first kappa shape index (κ1) is 75.7. The Labute approximate surface area is 487 Å². The van der Waals surface area contributed by atoms with Crippen LogP contribution in [0.25, 0.3) is 0 Å². The van der Waals surface area contributed by atoms with E-state index in [4.69, 9.17) is 13.8 Å². The number of likely N-dealkylation sites (N-methyl/N-ethyl adjacent to an activating group) is 1. The predicted molar refractivity (Wildman–Crippen MR) is 339 cm³/mol. The number of ether oxygens (including phenoxy) is 1. The van der Waals surface area contributed by atoms with Crippen LogP contribution in [0.4, 0.5) is 0 Å². The van der Waals surface area contributed by atoms with Crippen LogP contribution in [0.15, 0.2) is 109 Å². The molecule has 9 nitrogen and oxygen atoms in total. The quantitative estimate of drug-likeness (QED) is 0.0212. The third kappa shape index (κ3) is 59.1. The van der Waals surface area contributed by atoms with Gasteiger partial charge in [-0.1, -0.05) is 246 Å². The molecule has 0 bridgehead atoms. The molecule has 0 saturated heterocycles.